The maximum atomic E-state index is 11.3. The number of ether oxygens (including phenoxy) is 1. The van der Waals surface area contributed by atoms with Gasteiger partial charge in [0.05, 0.1) is 0 Å². The van der Waals surface area contributed by atoms with Crippen molar-refractivity contribution in [3.8, 4) is 5.75 Å². The van der Waals surface area contributed by atoms with Gasteiger partial charge in [-0.2, -0.15) is 0 Å². The SMILES string of the molecule is Cc1ccc(C)c(OCC(O)CNC2CCS(=O)CC2)c1. The second-order valence-electron chi connectivity index (χ2n) is 5.76. The molecule has 0 radical (unpaired) electrons. The molecule has 1 aliphatic heterocycles. The summed E-state index contributed by atoms with van der Waals surface area (Å²) < 4.78 is 17.0. The monoisotopic (exact) mass is 311 g/mol. The number of aryl methyl sites for hydroxylation is 2. The fraction of sp³-hybridized carbons (Fsp3) is 0.625. The second kappa shape index (κ2) is 7.92. The van der Waals surface area contributed by atoms with Crippen LogP contribution in [0, 0.1) is 13.8 Å². The molecule has 1 aromatic carbocycles. The molecule has 0 bridgehead atoms. The number of aliphatic hydroxyl groups is 1. The molecule has 2 rings (SSSR count). The van der Waals surface area contributed by atoms with Crippen LogP contribution in [0.3, 0.4) is 0 Å². The first-order valence-electron chi connectivity index (χ1n) is 7.51. The zero-order valence-electron chi connectivity index (χ0n) is 12.8. The number of nitrogens with one attached hydrogen (secondary N) is 1. The van der Waals surface area contributed by atoms with Crippen molar-refractivity contribution in [2.24, 2.45) is 0 Å². The van der Waals surface area contributed by atoms with E-state index in [1.165, 1.54) is 0 Å². The molecule has 1 unspecified atom stereocenters. The van der Waals surface area contributed by atoms with Crippen LogP contribution in [0.1, 0.15) is 24.0 Å². The zero-order valence-corrected chi connectivity index (χ0v) is 13.6. The molecule has 0 aliphatic carbocycles. The molecule has 1 heterocycles. The van der Waals surface area contributed by atoms with Crippen LogP contribution >= 0.6 is 0 Å². The molecule has 0 saturated carbocycles. The van der Waals surface area contributed by atoms with Crippen LogP contribution in [-0.2, 0) is 10.8 Å². The van der Waals surface area contributed by atoms with Gasteiger partial charge < -0.3 is 15.2 Å². The average Bonchev–Trinajstić information content (AvgIpc) is 2.47. The smallest absolute Gasteiger partial charge is 0.122 e. The van der Waals surface area contributed by atoms with Gasteiger partial charge in [-0.1, -0.05) is 12.1 Å². The van der Waals surface area contributed by atoms with E-state index in [1.54, 1.807) is 0 Å². The Morgan fingerprint density at radius 2 is 2.10 bits per heavy atom. The predicted octanol–water partition coefficient (Wildman–Crippen LogP) is 1.54. The molecule has 1 aliphatic rings. The lowest BCUT2D eigenvalue weighted by Gasteiger charge is -2.24. The van der Waals surface area contributed by atoms with Gasteiger partial charge in [0.1, 0.15) is 18.5 Å². The van der Waals surface area contributed by atoms with Crippen molar-refractivity contribution < 1.29 is 14.1 Å². The highest BCUT2D eigenvalue weighted by atomic mass is 32.2. The molecule has 1 aromatic rings. The summed E-state index contributed by atoms with van der Waals surface area (Å²) in [7, 11) is -0.636. The van der Waals surface area contributed by atoms with Gasteiger partial charge >= 0.3 is 0 Å². The summed E-state index contributed by atoms with van der Waals surface area (Å²) in [6, 6.07) is 6.44. The van der Waals surface area contributed by atoms with Crippen molar-refractivity contribution in [3.63, 3.8) is 0 Å². The van der Waals surface area contributed by atoms with Gasteiger partial charge in [-0.25, -0.2) is 0 Å². The number of hydrogen-bond acceptors (Lipinski definition) is 4. The van der Waals surface area contributed by atoms with Crippen LogP contribution in [0.15, 0.2) is 18.2 Å². The Morgan fingerprint density at radius 1 is 1.38 bits per heavy atom. The molecule has 5 heteroatoms. The van der Waals surface area contributed by atoms with Crippen molar-refractivity contribution in [1.29, 1.82) is 0 Å². The first-order chi connectivity index (χ1) is 10.0. The van der Waals surface area contributed by atoms with E-state index in [9.17, 15) is 9.32 Å². The standard InChI is InChI=1S/C16H25NO3S/c1-12-3-4-13(2)16(9-12)20-11-15(18)10-17-14-5-7-21(19)8-6-14/h3-4,9,14-15,17-18H,5-8,10-11H2,1-2H3. The minimum Gasteiger partial charge on any atom is -0.491 e. The number of benzene rings is 1. The highest BCUT2D eigenvalue weighted by Crippen LogP contribution is 2.19. The van der Waals surface area contributed by atoms with Gasteiger partial charge in [0.15, 0.2) is 0 Å². The van der Waals surface area contributed by atoms with Gasteiger partial charge in [0.2, 0.25) is 0 Å². The molecule has 1 fully saturated rings. The number of rotatable bonds is 6. The fourth-order valence-corrected chi connectivity index (χ4v) is 3.71. The van der Waals surface area contributed by atoms with Gasteiger partial charge in [-0.3, -0.25) is 4.21 Å². The quantitative estimate of drug-likeness (QED) is 0.837. The summed E-state index contributed by atoms with van der Waals surface area (Å²) in [6.07, 6.45) is 1.33. The third-order valence-corrected chi connectivity index (χ3v) is 5.19. The molecule has 2 N–H and O–H groups in total. The lowest BCUT2D eigenvalue weighted by atomic mass is 10.1. The maximum absolute atomic E-state index is 11.3. The lowest BCUT2D eigenvalue weighted by molar-refractivity contribution is 0.103. The summed E-state index contributed by atoms with van der Waals surface area (Å²) in [5, 5.41) is 13.3. The Hall–Kier alpha value is -0.910. The Bertz CT molecular complexity index is 482. The highest BCUT2D eigenvalue weighted by Gasteiger charge is 2.18. The third kappa shape index (κ3) is 5.41. The van der Waals surface area contributed by atoms with Crippen LogP contribution in [-0.4, -0.2) is 46.1 Å². The highest BCUT2D eigenvalue weighted by molar-refractivity contribution is 7.85. The minimum absolute atomic E-state index is 0.288. The van der Waals surface area contributed by atoms with Crippen molar-refractivity contribution in [1.82, 2.24) is 5.32 Å². The van der Waals surface area contributed by atoms with Crippen molar-refractivity contribution >= 4 is 10.8 Å². The lowest BCUT2D eigenvalue weighted by Crippen LogP contribution is -2.41. The predicted molar refractivity (Wildman–Crippen MR) is 86.3 cm³/mol. The topological polar surface area (TPSA) is 58.6 Å². The maximum Gasteiger partial charge on any atom is 0.122 e. The molecule has 21 heavy (non-hydrogen) atoms. The average molecular weight is 311 g/mol. The Kier molecular flexibility index (Phi) is 6.21. The number of aliphatic hydroxyl groups excluding tert-OH is 1. The first kappa shape index (κ1) is 16.5. The van der Waals surface area contributed by atoms with E-state index in [0.29, 0.717) is 12.6 Å². The van der Waals surface area contributed by atoms with Crippen LogP contribution < -0.4 is 10.1 Å². The first-order valence-corrected chi connectivity index (χ1v) is 9.00. The van der Waals surface area contributed by atoms with E-state index in [2.05, 4.69) is 5.32 Å². The van der Waals surface area contributed by atoms with Gasteiger partial charge in [0.25, 0.3) is 0 Å². The molecule has 1 saturated heterocycles. The summed E-state index contributed by atoms with van der Waals surface area (Å²) in [5.74, 6) is 2.38. The van der Waals surface area contributed by atoms with E-state index in [1.807, 2.05) is 32.0 Å². The summed E-state index contributed by atoms with van der Waals surface area (Å²) >= 11 is 0. The van der Waals surface area contributed by atoms with Crippen LogP contribution in [0.2, 0.25) is 0 Å². The Morgan fingerprint density at radius 3 is 2.81 bits per heavy atom. The molecular formula is C16H25NO3S. The summed E-state index contributed by atoms with van der Waals surface area (Å²) in [5.41, 5.74) is 2.23. The normalized spacial score (nSPS) is 23.8. The Labute approximate surface area is 129 Å². The van der Waals surface area contributed by atoms with Crippen molar-refractivity contribution in [2.45, 2.75) is 38.8 Å². The van der Waals surface area contributed by atoms with Crippen LogP contribution in [0.5, 0.6) is 5.75 Å². The molecule has 1 atom stereocenters. The Balaban J connectivity index is 1.71. The van der Waals surface area contributed by atoms with E-state index < -0.39 is 16.9 Å². The molecule has 4 nitrogen and oxygen atoms in total. The van der Waals surface area contributed by atoms with Crippen molar-refractivity contribution in [2.75, 3.05) is 24.7 Å². The minimum atomic E-state index is -0.636. The molecule has 0 spiro atoms. The summed E-state index contributed by atoms with van der Waals surface area (Å²) in [6.45, 7) is 4.83. The third-order valence-electron chi connectivity index (χ3n) is 3.80. The number of hydrogen-bond donors (Lipinski definition) is 2. The largest absolute Gasteiger partial charge is 0.491 e. The van der Waals surface area contributed by atoms with Crippen LogP contribution in [0.4, 0.5) is 0 Å². The zero-order chi connectivity index (χ0) is 15.2. The van der Waals surface area contributed by atoms with Gasteiger partial charge in [-0.15, -0.1) is 0 Å². The van der Waals surface area contributed by atoms with E-state index in [-0.39, 0.29) is 6.61 Å². The van der Waals surface area contributed by atoms with Gasteiger partial charge in [0, 0.05) is 34.9 Å². The summed E-state index contributed by atoms with van der Waals surface area (Å²) in [4.78, 5) is 0. The molecule has 118 valence electrons. The van der Waals surface area contributed by atoms with E-state index >= 15 is 0 Å². The fourth-order valence-electron chi connectivity index (χ4n) is 2.41. The van der Waals surface area contributed by atoms with E-state index in [4.69, 9.17) is 4.74 Å². The van der Waals surface area contributed by atoms with Crippen LogP contribution in [0.25, 0.3) is 0 Å². The second-order valence-corrected chi connectivity index (χ2v) is 7.46. The van der Waals surface area contributed by atoms with E-state index in [0.717, 1.165) is 41.2 Å². The van der Waals surface area contributed by atoms with Crippen molar-refractivity contribution in [3.05, 3.63) is 29.3 Å². The molecular weight excluding hydrogens is 286 g/mol. The molecule has 0 aromatic heterocycles. The molecule has 0 amide bonds. The van der Waals surface area contributed by atoms with Gasteiger partial charge in [-0.05, 0) is 43.9 Å².